The molecule has 1 aromatic carbocycles. The van der Waals surface area contributed by atoms with Gasteiger partial charge in [-0.2, -0.15) is 0 Å². The number of amides is 1. The average Bonchev–Trinajstić information content (AvgIpc) is 2.86. The van der Waals surface area contributed by atoms with Crippen LogP contribution in [0, 0.1) is 6.92 Å². The van der Waals surface area contributed by atoms with Crippen LogP contribution in [-0.2, 0) is 14.6 Å². The van der Waals surface area contributed by atoms with Crippen molar-refractivity contribution in [2.45, 2.75) is 39.2 Å². The first-order valence-corrected chi connectivity index (χ1v) is 9.93. The fraction of sp³-hybridized carbons (Fsp3) is 0.588. The summed E-state index contributed by atoms with van der Waals surface area (Å²) in [5.74, 6) is 1.15. The van der Waals surface area contributed by atoms with Crippen LogP contribution in [-0.4, -0.2) is 49.9 Å². The lowest BCUT2D eigenvalue weighted by atomic mass is 10.2. The maximum atomic E-state index is 12.3. The first kappa shape index (κ1) is 17.8. The van der Waals surface area contributed by atoms with Gasteiger partial charge in [-0.3, -0.25) is 4.79 Å². The summed E-state index contributed by atoms with van der Waals surface area (Å²) in [6.45, 7) is 4.92. The van der Waals surface area contributed by atoms with Crippen LogP contribution in [0.25, 0.3) is 0 Å². The number of carbonyl (C=O) groups excluding carboxylic acids is 1. The number of hydrogen-bond donors (Lipinski definition) is 0. The van der Waals surface area contributed by atoms with Gasteiger partial charge in [0.15, 0.2) is 9.84 Å². The van der Waals surface area contributed by atoms with Gasteiger partial charge in [-0.1, -0.05) is 18.2 Å². The molecule has 1 aliphatic heterocycles. The van der Waals surface area contributed by atoms with Gasteiger partial charge in [0.05, 0.1) is 18.1 Å². The normalized spacial score (nSPS) is 19.5. The van der Waals surface area contributed by atoms with Crippen LogP contribution in [0.3, 0.4) is 0 Å². The van der Waals surface area contributed by atoms with Gasteiger partial charge in [0.25, 0.3) is 0 Å². The van der Waals surface area contributed by atoms with Crippen molar-refractivity contribution in [3.8, 4) is 5.75 Å². The van der Waals surface area contributed by atoms with Gasteiger partial charge < -0.3 is 9.64 Å². The van der Waals surface area contributed by atoms with E-state index in [1.165, 1.54) is 0 Å². The van der Waals surface area contributed by atoms with E-state index in [2.05, 4.69) is 0 Å². The quantitative estimate of drug-likeness (QED) is 0.714. The summed E-state index contributed by atoms with van der Waals surface area (Å²) in [7, 11) is -2.97. The van der Waals surface area contributed by atoms with Crippen molar-refractivity contribution in [2.75, 3.05) is 24.7 Å². The van der Waals surface area contributed by atoms with Crippen molar-refractivity contribution in [3.63, 3.8) is 0 Å². The van der Waals surface area contributed by atoms with E-state index >= 15 is 0 Å². The molecule has 1 amide bonds. The average molecular weight is 339 g/mol. The number of sulfone groups is 1. The van der Waals surface area contributed by atoms with E-state index < -0.39 is 9.84 Å². The molecular weight excluding hydrogens is 314 g/mol. The Morgan fingerprint density at radius 1 is 1.35 bits per heavy atom. The molecule has 0 radical (unpaired) electrons. The van der Waals surface area contributed by atoms with E-state index in [1.807, 2.05) is 38.1 Å². The van der Waals surface area contributed by atoms with Crippen molar-refractivity contribution >= 4 is 15.7 Å². The van der Waals surface area contributed by atoms with Gasteiger partial charge in [-0.15, -0.1) is 0 Å². The third-order valence-corrected chi connectivity index (χ3v) is 5.95. The molecular formula is C17H25NO4S. The second-order valence-corrected chi connectivity index (χ2v) is 8.18. The highest BCUT2D eigenvalue weighted by atomic mass is 32.2. The first-order valence-electron chi connectivity index (χ1n) is 8.11. The molecule has 0 aromatic heterocycles. The van der Waals surface area contributed by atoms with Gasteiger partial charge in [-0.05, 0) is 38.3 Å². The van der Waals surface area contributed by atoms with Crippen LogP contribution >= 0.6 is 0 Å². The smallest absolute Gasteiger partial charge is 0.222 e. The zero-order valence-electron chi connectivity index (χ0n) is 13.8. The molecule has 128 valence electrons. The SMILES string of the molecule is CCN(C(=O)CCCOc1ccccc1C)C1CCS(=O)(=O)C1. The Morgan fingerprint density at radius 3 is 2.70 bits per heavy atom. The van der Waals surface area contributed by atoms with Crippen LogP contribution in [0.5, 0.6) is 5.75 Å². The Morgan fingerprint density at radius 2 is 2.09 bits per heavy atom. The number of carbonyl (C=O) groups is 1. The monoisotopic (exact) mass is 339 g/mol. The Labute approximate surface area is 138 Å². The zero-order chi connectivity index (χ0) is 16.9. The Balaban J connectivity index is 1.78. The van der Waals surface area contributed by atoms with Crippen LogP contribution in [0.2, 0.25) is 0 Å². The third-order valence-electron chi connectivity index (χ3n) is 4.20. The highest BCUT2D eigenvalue weighted by Gasteiger charge is 2.33. The van der Waals surface area contributed by atoms with E-state index in [0.717, 1.165) is 11.3 Å². The van der Waals surface area contributed by atoms with Gasteiger partial charge in [0, 0.05) is 19.0 Å². The lowest BCUT2D eigenvalue weighted by Gasteiger charge is -2.27. The number of rotatable bonds is 7. The minimum atomic E-state index is -2.97. The van der Waals surface area contributed by atoms with E-state index in [0.29, 0.717) is 32.4 Å². The van der Waals surface area contributed by atoms with E-state index in [4.69, 9.17) is 4.74 Å². The molecule has 1 fully saturated rings. The van der Waals surface area contributed by atoms with Crippen LogP contribution < -0.4 is 4.74 Å². The maximum Gasteiger partial charge on any atom is 0.222 e. The summed E-state index contributed by atoms with van der Waals surface area (Å²) < 4.78 is 28.8. The van der Waals surface area contributed by atoms with Crippen molar-refractivity contribution in [1.82, 2.24) is 4.90 Å². The van der Waals surface area contributed by atoms with Gasteiger partial charge in [-0.25, -0.2) is 8.42 Å². The zero-order valence-corrected chi connectivity index (χ0v) is 14.6. The Hall–Kier alpha value is -1.56. The van der Waals surface area contributed by atoms with Gasteiger partial charge in [0.1, 0.15) is 5.75 Å². The fourth-order valence-electron chi connectivity index (χ4n) is 2.93. The molecule has 0 N–H and O–H groups in total. The maximum absolute atomic E-state index is 12.3. The minimum absolute atomic E-state index is 0.0167. The highest BCUT2D eigenvalue weighted by Crippen LogP contribution is 2.19. The topological polar surface area (TPSA) is 63.7 Å². The summed E-state index contributed by atoms with van der Waals surface area (Å²) in [6, 6.07) is 7.63. The Bertz CT molecular complexity index is 642. The highest BCUT2D eigenvalue weighted by molar-refractivity contribution is 7.91. The number of aryl methyl sites for hydroxylation is 1. The van der Waals surface area contributed by atoms with Crippen LogP contribution in [0.4, 0.5) is 0 Å². The molecule has 6 heteroatoms. The summed E-state index contributed by atoms with van der Waals surface area (Å²) in [5, 5.41) is 0. The molecule has 1 aliphatic rings. The summed E-state index contributed by atoms with van der Waals surface area (Å²) in [6.07, 6.45) is 1.57. The molecule has 0 saturated carbocycles. The molecule has 1 heterocycles. The van der Waals surface area contributed by atoms with Gasteiger partial charge in [0.2, 0.25) is 5.91 Å². The second kappa shape index (κ2) is 7.81. The van der Waals surface area contributed by atoms with Crippen LogP contribution in [0.1, 0.15) is 31.7 Å². The predicted molar refractivity (Wildman–Crippen MR) is 90.4 cm³/mol. The molecule has 0 spiro atoms. The second-order valence-electron chi connectivity index (χ2n) is 5.95. The Kier molecular flexibility index (Phi) is 6.04. The van der Waals surface area contributed by atoms with Crippen molar-refractivity contribution in [2.24, 2.45) is 0 Å². The van der Waals surface area contributed by atoms with E-state index in [-0.39, 0.29) is 23.5 Å². The number of para-hydroxylation sites is 1. The van der Waals surface area contributed by atoms with E-state index in [1.54, 1.807) is 4.90 Å². The van der Waals surface area contributed by atoms with Gasteiger partial charge >= 0.3 is 0 Å². The molecule has 0 bridgehead atoms. The molecule has 1 unspecified atom stereocenters. The first-order chi connectivity index (χ1) is 10.9. The van der Waals surface area contributed by atoms with Crippen molar-refractivity contribution in [3.05, 3.63) is 29.8 Å². The molecule has 2 rings (SSSR count). The molecule has 5 nitrogen and oxygen atoms in total. The summed E-state index contributed by atoms with van der Waals surface area (Å²) in [5.41, 5.74) is 1.07. The predicted octanol–water partition coefficient (Wildman–Crippen LogP) is 2.19. The summed E-state index contributed by atoms with van der Waals surface area (Å²) in [4.78, 5) is 14.0. The lowest BCUT2D eigenvalue weighted by molar-refractivity contribution is -0.133. The molecule has 1 saturated heterocycles. The molecule has 1 atom stereocenters. The number of hydrogen-bond acceptors (Lipinski definition) is 4. The molecule has 0 aliphatic carbocycles. The fourth-order valence-corrected chi connectivity index (χ4v) is 4.66. The largest absolute Gasteiger partial charge is 0.493 e. The summed E-state index contributed by atoms with van der Waals surface area (Å²) >= 11 is 0. The molecule has 1 aromatic rings. The third kappa shape index (κ3) is 4.96. The van der Waals surface area contributed by atoms with E-state index in [9.17, 15) is 13.2 Å². The number of ether oxygens (including phenoxy) is 1. The van der Waals surface area contributed by atoms with Crippen molar-refractivity contribution in [1.29, 1.82) is 0 Å². The molecule has 23 heavy (non-hydrogen) atoms. The van der Waals surface area contributed by atoms with Crippen LogP contribution in [0.15, 0.2) is 24.3 Å². The van der Waals surface area contributed by atoms with Crippen molar-refractivity contribution < 1.29 is 17.9 Å². The number of benzene rings is 1. The standard InChI is InChI=1S/C17H25NO4S/c1-3-18(15-10-12-23(20,21)13-15)17(19)9-6-11-22-16-8-5-4-7-14(16)2/h4-5,7-8,15H,3,6,9-13H2,1-2H3. The number of nitrogens with zero attached hydrogens (tertiary/aromatic N) is 1. The minimum Gasteiger partial charge on any atom is -0.493 e. The lowest BCUT2D eigenvalue weighted by Crippen LogP contribution is -2.41.